The fraction of sp³-hybridized carbons (Fsp3) is 0.750. The molecule has 204 valence electrons. The van der Waals surface area contributed by atoms with Crippen molar-refractivity contribution in [1.29, 1.82) is 0 Å². The fourth-order valence-corrected chi connectivity index (χ4v) is 7.96. The summed E-state index contributed by atoms with van der Waals surface area (Å²) in [6.07, 6.45) is 7.29. The second-order valence-corrected chi connectivity index (χ2v) is 12.0. The lowest BCUT2D eigenvalue weighted by Gasteiger charge is -2.58. The Balaban J connectivity index is 1.36. The highest BCUT2D eigenvalue weighted by Crippen LogP contribution is 2.67. The van der Waals surface area contributed by atoms with Crippen molar-refractivity contribution in [3.8, 4) is 0 Å². The molecule has 0 aliphatic heterocycles. The molecule has 4 aliphatic carbocycles. The van der Waals surface area contributed by atoms with E-state index in [2.05, 4.69) is 12.2 Å². The Hall–Kier alpha value is -2.55. The molecule has 0 radical (unpaired) electrons. The number of ether oxygens (including phenoxy) is 1. The summed E-state index contributed by atoms with van der Waals surface area (Å²) in [5.41, 5.74) is -0.896. The zero-order chi connectivity index (χ0) is 27.2. The first-order chi connectivity index (χ1) is 17.3. The second-order valence-electron chi connectivity index (χ2n) is 12.0. The molecule has 9 nitrogen and oxygen atoms in total. The van der Waals surface area contributed by atoms with Crippen molar-refractivity contribution in [3.05, 3.63) is 11.6 Å². The molecule has 3 fully saturated rings. The molecule has 0 heterocycles. The number of aliphatic hydroxyl groups is 1. The number of carboxylic acids is 1. The first-order valence-electron chi connectivity index (χ1n) is 13.5. The van der Waals surface area contributed by atoms with Crippen LogP contribution < -0.4 is 5.32 Å². The van der Waals surface area contributed by atoms with Crippen LogP contribution in [0.4, 0.5) is 0 Å². The van der Waals surface area contributed by atoms with Crippen molar-refractivity contribution in [2.75, 3.05) is 6.61 Å². The number of Topliss-reactive ketones (excluding diaryl/α,β-unsaturated/α-hetero) is 1. The molecule has 7 atom stereocenters. The number of hydrogen-bond acceptors (Lipinski definition) is 7. The van der Waals surface area contributed by atoms with Crippen LogP contribution in [0.3, 0.4) is 0 Å². The SMILES string of the molecule is C[C@@H](NC(=O)CCC(=O)OCC(=O)[C@@]1(O)CC[C@H]2[C@@H]3CCC4=CC(=O)CC[C@]4(C)[C@H]3CC[C@@]21C)C(=O)O. The number of hydrogen-bond donors (Lipinski definition) is 3. The number of aliphatic carboxylic acids is 1. The standard InChI is InChI=1S/C28H39NO8/c1-16(25(34)35)29-23(32)6-7-24(33)37-15-22(31)28(36)13-10-21-19-5-4-17-14-18(30)8-11-26(17,2)20(19)9-12-27(21,28)3/h14,16,19-21,36H,4-13,15H2,1-3H3,(H,29,32)(H,34,35)/t16-,19-,20+,21+,26+,27+,28+/m1/s1. The van der Waals surface area contributed by atoms with Gasteiger partial charge in [0.05, 0.1) is 6.42 Å². The third-order valence-electron chi connectivity index (χ3n) is 10.2. The predicted molar refractivity (Wildman–Crippen MR) is 132 cm³/mol. The second kappa shape index (κ2) is 9.97. The van der Waals surface area contributed by atoms with Gasteiger partial charge in [-0.05, 0) is 81.1 Å². The van der Waals surface area contributed by atoms with Crippen LogP contribution in [-0.2, 0) is 28.7 Å². The van der Waals surface area contributed by atoms with E-state index in [1.807, 2.05) is 13.0 Å². The minimum Gasteiger partial charge on any atom is -0.480 e. The van der Waals surface area contributed by atoms with E-state index in [4.69, 9.17) is 9.84 Å². The number of fused-ring (bicyclic) bond motifs is 5. The van der Waals surface area contributed by atoms with Gasteiger partial charge in [0.25, 0.3) is 0 Å². The smallest absolute Gasteiger partial charge is 0.325 e. The van der Waals surface area contributed by atoms with Gasteiger partial charge in [0, 0.05) is 18.3 Å². The number of carbonyl (C=O) groups excluding carboxylic acids is 4. The Morgan fingerprint density at radius 3 is 2.46 bits per heavy atom. The summed E-state index contributed by atoms with van der Waals surface area (Å²) in [6, 6.07) is -1.07. The van der Waals surface area contributed by atoms with Crippen molar-refractivity contribution in [2.45, 2.75) is 96.6 Å². The van der Waals surface area contributed by atoms with Crippen molar-refractivity contribution in [2.24, 2.45) is 28.6 Å². The Bertz CT molecular complexity index is 1040. The van der Waals surface area contributed by atoms with Gasteiger partial charge >= 0.3 is 11.9 Å². The average Bonchev–Trinajstić information content (AvgIpc) is 3.13. The maximum absolute atomic E-state index is 13.3. The van der Waals surface area contributed by atoms with E-state index in [1.165, 1.54) is 12.5 Å². The van der Waals surface area contributed by atoms with Crippen molar-refractivity contribution in [1.82, 2.24) is 5.32 Å². The van der Waals surface area contributed by atoms with Crippen LogP contribution in [-0.4, -0.2) is 57.9 Å². The number of allylic oxidation sites excluding steroid dienone is 1. The molecule has 0 saturated heterocycles. The Morgan fingerprint density at radius 2 is 1.76 bits per heavy atom. The maximum Gasteiger partial charge on any atom is 0.325 e. The quantitative estimate of drug-likeness (QED) is 0.417. The van der Waals surface area contributed by atoms with E-state index in [9.17, 15) is 29.1 Å². The summed E-state index contributed by atoms with van der Waals surface area (Å²) >= 11 is 0. The Morgan fingerprint density at radius 1 is 1.05 bits per heavy atom. The van der Waals surface area contributed by atoms with E-state index in [1.54, 1.807) is 0 Å². The molecule has 3 saturated carbocycles. The van der Waals surface area contributed by atoms with Crippen molar-refractivity contribution in [3.63, 3.8) is 0 Å². The molecule has 4 aliphatic rings. The molecule has 0 spiro atoms. The lowest BCUT2D eigenvalue weighted by atomic mass is 9.46. The van der Waals surface area contributed by atoms with Gasteiger partial charge in [-0.25, -0.2) is 0 Å². The van der Waals surface area contributed by atoms with Gasteiger partial charge in [0.1, 0.15) is 11.6 Å². The third-order valence-corrected chi connectivity index (χ3v) is 10.2. The van der Waals surface area contributed by atoms with Crippen LogP contribution in [0.15, 0.2) is 11.6 Å². The molecule has 9 heteroatoms. The van der Waals surface area contributed by atoms with E-state index < -0.39 is 47.3 Å². The first-order valence-corrected chi connectivity index (χ1v) is 13.5. The van der Waals surface area contributed by atoms with Crippen molar-refractivity contribution < 1.29 is 38.9 Å². The van der Waals surface area contributed by atoms with Gasteiger partial charge in [-0.3, -0.25) is 24.0 Å². The molecule has 0 bridgehead atoms. The Labute approximate surface area is 217 Å². The highest BCUT2D eigenvalue weighted by Gasteiger charge is 2.66. The molecule has 0 aromatic carbocycles. The molecule has 0 aromatic rings. The summed E-state index contributed by atoms with van der Waals surface area (Å²) in [4.78, 5) is 60.1. The van der Waals surface area contributed by atoms with Gasteiger partial charge < -0.3 is 20.3 Å². The molecule has 4 rings (SSSR count). The molecule has 0 aromatic heterocycles. The minimum absolute atomic E-state index is 0.00690. The van der Waals surface area contributed by atoms with E-state index in [-0.39, 0.29) is 30.0 Å². The van der Waals surface area contributed by atoms with Gasteiger partial charge in [-0.15, -0.1) is 0 Å². The highest BCUT2D eigenvalue weighted by molar-refractivity contribution is 5.92. The van der Waals surface area contributed by atoms with Crippen LogP contribution in [0.5, 0.6) is 0 Å². The third kappa shape index (κ3) is 4.75. The molecule has 3 N–H and O–H groups in total. The number of esters is 1. The van der Waals surface area contributed by atoms with Crippen LogP contribution in [0, 0.1) is 28.6 Å². The first kappa shape index (κ1) is 27.5. The zero-order valence-corrected chi connectivity index (χ0v) is 22.0. The molecular weight excluding hydrogens is 478 g/mol. The van der Waals surface area contributed by atoms with Crippen LogP contribution in [0.2, 0.25) is 0 Å². The molecule has 37 heavy (non-hydrogen) atoms. The lowest BCUT2D eigenvalue weighted by Crippen LogP contribution is -2.58. The lowest BCUT2D eigenvalue weighted by molar-refractivity contribution is -0.170. The van der Waals surface area contributed by atoms with E-state index in [0.717, 1.165) is 32.1 Å². The van der Waals surface area contributed by atoms with Crippen molar-refractivity contribution >= 4 is 29.4 Å². The molecular formula is C28H39NO8. The number of carbonyl (C=O) groups is 5. The summed E-state index contributed by atoms with van der Waals surface area (Å²) in [7, 11) is 0. The number of rotatable bonds is 8. The number of amides is 1. The normalized spacial score (nSPS) is 37.4. The number of nitrogens with one attached hydrogen (secondary N) is 1. The summed E-state index contributed by atoms with van der Waals surface area (Å²) < 4.78 is 5.13. The number of carboxylic acid groups (broad SMARTS) is 1. The van der Waals surface area contributed by atoms with E-state index >= 15 is 0 Å². The topological polar surface area (TPSA) is 147 Å². The number of ketones is 2. The monoisotopic (exact) mass is 517 g/mol. The van der Waals surface area contributed by atoms with Crippen LogP contribution in [0.25, 0.3) is 0 Å². The average molecular weight is 518 g/mol. The summed E-state index contributed by atoms with van der Waals surface area (Å²) in [6.45, 7) is 5.07. The Kier molecular flexibility index (Phi) is 7.40. The van der Waals surface area contributed by atoms with Crippen LogP contribution >= 0.6 is 0 Å². The molecule has 0 unspecified atom stereocenters. The maximum atomic E-state index is 13.3. The van der Waals surface area contributed by atoms with Gasteiger partial charge in [-0.2, -0.15) is 0 Å². The van der Waals surface area contributed by atoms with Gasteiger partial charge in [-0.1, -0.05) is 19.4 Å². The highest BCUT2D eigenvalue weighted by atomic mass is 16.5. The van der Waals surface area contributed by atoms with Gasteiger partial charge in [0.15, 0.2) is 12.4 Å². The van der Waals surface area contributed by atoms with Gasteiger partial charge in [0.2, 0.25) is 11.7 Å². The predicted octanol–water partition coefficient (Wildman–Crippen LogP) is 2.73. The van der Waals surface area contributed by atoms with Crippen LogP contribution in [0.1, 0.15) is 85.0 Å². The largest absolute Gasteiger partial charge is 0.480 e. The summed E-state index contributed by atoms with van der Waals surface area (Å²) in [5.74, 6) is -1.80. The summed E-state index contributed by atoms with van der Waals surface area (Å²) in [5, 5.41) is 22.8. The van der Waals surface area contributed by atoms with E-state index in [0.29, 0.717) is 31.1 Å². The zero-order valence-electron chi connectivity index (χ0n) is 22.0. The fourth-order valence-electron chi connectivity index (χ4n) is 7.96. The molecule has 1 amide bonds. The minimum atomic E-state index is -1.57.